The summed E-state index contributed by atoms with van der Waals surface area (Å²) in [6, 6.07) is 15.2. The summed E-state index contributed by atoms with van der Waals surface area (Å²) < 4.78 is 0. The predicted molar refractivity (Wildman–Crippen MR) is 83.2 cm³/mol. The van der Waals surface area contributed by atoms with Crippen molar-refractivity contribution in [2.45, 2.75) is 12.3 Å². The van der Waals surface area contributed by atoms with E-state index in [-0.39, 0.29) is 6.54 Å². The van der Waals surface area contributed by atoms with Gasteiger partial charge in [0.1, 0.15) is 5.41 Å². The third kappa shape index (κ3) is 2.30. The molecule has 1 N–H and O–H groups in total. The number of imide groups is 1. The highest BCUT2D eigenvalue weighted by atomic mass is 16.4. The van der Waals surface area contributed by atoms with Crippen molar-refractivity contribution in [1.82, 2.24) is 4.90 Å². The molecule has 1 heterocycles. The maximum Gasteiger partial charge on any atom is 0.315 e. The molecule has 0 saturated carbocycles. The molecule has 1 unspecified atom stereocenters. The summed E-state index contributed by atoms with van der Waals surface area (Å²) in [6.45, 7) is 1.31. The minimum atomic E-state index is -1.37. The highest BCUT2D eigenvalue weighted by molar-refractivity contribution is 6.21. The number of hydrogen-bond acceptors (Lipinski definition) is 3. The summed E-state index contributed by atoms with van der Waals surface area (Å²) >= 11 is 0. The zero-order valence-electron chi connectivity index (χ0n) is 12.5. The van der Waals surface area contributed by atoms with E-state index in [1.165, 1.54) is 6.92 Å². The number of benzene rings is 2. The van der Waals surface area contributed by atoms with Crippen molar-refractivity contribution in [3.8, 4) is 0 Å². The second kappa shape index (κ2) is 5.35. The first-order valence-electron chi connectivity index (χ1n) is 7.19. The van der Waals surface area contributed by atoms with E-state index in [4.69, 9.17) is 0 Å². The van der Waals surface area contributed by atoms with E-state index < -0.39 is 23.2 Å². The quantitative estimate of drug-likeness (QED) is 0.880. The van der Waals surface area contributed by atoms with Gasteiger partial charge in [0.15, 0.2) is 0 Å². The van der Waals surface area contributed by atoms with Crippen molar-refractivity contribution in [1.29, 1.82) is 0 Å². The second-order valence-corrected chi connectivity index (χ2v) is 5.75. The number of aliphatic carboxylic acids is 1. The van der Waals surface area contributed by atoms with Crippen LogP contribution in [0.5, 0.6) is 0 Å². The summed E-state index contributed by atoms with van der Waals surface area (Å²) in [4.78, 5) is 37.8. The van der Waals surface area contributed by atoms with Crippen molar-refractivity contribution >= 4 is 17.8 Å². The molecular formula is C18H15NO4. The van der Waals surface area contributed by atoms with Crippen LogP contribution in [0.1, 0.15) is 33.2 Å². The van der Waals surface area contributed by atoms with Crippen LogP contribution in [0.25, 0.3) is 0 Å². The van der Waals surface area contributed by atoms with Crippen LogP contribution < -0.4 is 0 Å². The number of carboxylic acids is 1. The zero-order valence-corrected chi connectivity index (χ0v) is 12.5. The lowest BCUT2D eigenvalue weighted by molar-refractivity contribution is -0.143. The molecule has 0 aliphatic carbocycles. The van der Waals surface area contributed by atoms with Gasteiger partial charge in [0.25, 0.3) is 11.8 Å². The Kier molecular flexibility index (Phi) is 3.48. The van der Waals surface area contributed by atoms with Gasteiger partial charge in [0, 0.05) is 6.54 Å². The maximum atomic E-state index is 12.5. The van der Waals surface area contributed by atoms with Gasteiger partial charge in [-0.05, 0) is 24.6 Å². The number of carboxylic acid groups (broad SMARTS) is 1. The number of carbonyl (C=O) groups is 3. The molecule has 0 fully saturated rings. The van der Waals surface area contributed by atoms with E-state index in [0.29, 0.717) is 16.7 Å². The molecular weight excluding hydrogens is 294 g/mol. The molecule has 2 amide bonds. The van der Waals surface area contributed by atoms with Crippen LogP contribution >= 0.6 is 0 Å². The van der Waals surface area contributed by atoms with Crippen LogP contribution in [-0.2, 0) is 10.2 Å². The average molecular weight is 309 g/mol. The maximum absolute atomic E-state index is 12.5. The Morgan fingerprint density at radius 2 is 1.43 bits per heavy atom. The number of rotatable bonds is 4. The SMILES string of the molecule is CC(CN1C(=O)c2ccccc2C1=O)(C(=O)O)c1ccccc1. The Labute approximate surface area is 133 Å². The van der Waals surface area contributed by atoms with Gasteiger partial charge >= 0.3 is 5.97 Å². The fraction of sp³-hybridized carbons (Fsp3) is 0.167. The molecule has 1 atom stereocenters. The van der Waals surface area contributed by atoms with Crippen molar-refractivity contribution in [2.24, 2.45) is 0 Å². The number of carbonyl (C=O) groups excluding carboxylic acids is 2. The molecule has 0 bridgehead atoms. The van der Waals surface area contributed by atoms with Crippen molar-refractivity contribution < 1.29 is 19.5 Å². The van der Waals surface area contributed by atoms with Crippen LogP contribution in [0.15, 0.2) is 54.6 Å². The van der Waals surface area contributed by atoms with E-state index >= 15 is 0 Å². The molecule has 0 spiro atoms. The first-order chi connectivity index (χ1) is 10.9. The van der Waals surface area contributed by atoms with Crippen LogP contribution in [0, 0.1) is 0 Å². The van der Waals surface area contributed by atoms with E-state index in [9.17, 15) is 19.5 Å². The largest absolute Gasteiger partial charge is 0.481 e. The van der Waals surface area contributed by atoms with Gasteiger partial charge in [-0.15, -0.1) is 0 Å². The highest BCUT2D eigenvalue weighted by Crippen LogP contribution is 2.30. The molecule has 1 aliphatic heterocycles. The molecule has 23 heavy (non-hydrogen) atoms. The van der Waals surface area contributed by atoms with Crippen molar-refractivity contribution in [3.05, 3.63) is 71.3 Å². The summed E-state index contributed by atoms with van der Waals surface area (Å²) in [5, 5.41) is 9.69. The van der Waals surface area contributed by atoms with Crippen molar-refractivity contribution in [2.75, 3.05) is 6.54 Å². The fourth-order valence-electron chi connectivity index (χ4n) is 2.79. The molecule has 0 aromatic heterocycles. The molecule has 0 radical (unpaired) electrons. The van der Waals surface area contributed by atoms with E-state index in [1.807, 2.05) is 0 Å². The number of hydrogen-bond donors (Lipinski definition) is 1. The molecule has 2 aromatic rings. The van der Waals surface area contributed by atoms with Crippen molar-refractivity contribution in [3.63, 3.8) is 0 Å². The standard InChI is InChI=1S/C18H15NO4/c1-18(17(22)23,12-7-3-2-4-8-12)11-19-15(20)13-9-5-6-10-14(13)16(19)21/h2-10H,11H2,1H3,(H,22,23). The van der Waals surface area contributed by atoms with Gasteiger partial charge in [-0.1, -0.05) is 42.5 Å². The molecule has 2 aromatic carbocycles. The van der Waals surface area contributed by atoms with E-state index in [0.717, 1.165) is 4.90 Å². The third-order valence-corrected chi connectivity index (χ3v) is 4.24. The van der Waals surface area contributed by atoms with Gasteiger partial charge in [-0.25, -0.2) is 0 Å². The Bertz CT molecular complexity index is 765. The summed E-state index contributed by atoms with van der Waals surface area (Å²) in [5.74, 6) is -1.98. The predicted octanol–water partition coefficient (Wildman–Crippen LogP) is 2.33. The summed E-state index contributed by atoms with van der Waals surface area (Å²) in [6.07, 6.45) is 0. The smallest absolute Gasteiger partial charge is 0.315 e. The van der Waals surface area contributed by atoms with Crippen LogP contribution in [0.3, 0.4) is 0 Å². The van der Waals surface area contributed by atoms with Crippen LogP contribution in [-0.4, -0.2) is 34.3 Å². The van der Waals surface area contributed by atoms with Gasteiger partial charge < -0.3 is 5.11 Å². The normalized spacial score (nSPS) is 16.1. The Morgan fingerprint density at radius 1 is 0.957 bits per heavy atom. The highest BCUT2D eigenvalue weighted by Gasteiger charge is 2.44. The fourth-order valence-corrected chi connectivity index (χ4v) is 2.79. The van der Waals surface area contributed by atoms with Gasteiger partial charge in [-0.2, -0.15) is 0 Å². The third-order valence-electron chi connectivity index (χ3n) is 4.24. The topological polar surface area (TPSA) is 74.7 Å². The zero-order chi connectivity index (χ0) is 16.6. The van der Waals surface area contributed by atoms with Crippen LogP contribution in [0.4, 0.5) is 0 Å². The molecule has 5 heteroatoms. The minimum absolute atomic E-state index is 0.210. The lowest BCUT2D eigenvalue weighted by Crippen LogP contribution is -2.46. The molecule has 116 valence electrons. The Morgan fingerprint density at radius 3 is 1.91 bits per heavy atom. The second-order valence-electron chi connectivity index (χ2n) is 5.75. The van der Waals surface area contributed by atoms with Gasteiger partial charge in [-0.3, -0.25) is 19.3 Å². The number of nitrogens with zero attached hydrogens (tertiary/aromatic N) is 1. The first-order valence-corrected chi connectivity index (χ1v) is 7.19. The van der Waals surface area contributed by atoms with Crippen LogP contribution in [0.2, 0.25) is 0 Å². The van der Waals surface area contributed by atoms with Gasteiger partial charge in [0.2, 0.25) is 0 Å². The average Bonchev–Trinajstić information content (AvgIpc) is 2.81. The minimum Gasteiger partial charge on any atom is -0.481 e. The molecule has 3 rings (SSSR count). The summed E-state index contributed by atoms with van der Waals surface area (Å²) in [7, 11) is 0. The van der Waals surface area contributed by atoms with E-state index in [2.05, 4.69) is 0 Å². The summed E-state index contributed by atoms with van der Waals surface area (Å²) in [5.41, 5.74) is -0.185. The molecule has 1 aliphatic rings. The lowest BCUT2D eigenvalue weighted by Gasteiger charge is -2.29. The number of fused-ring (bicyclic) bond motifs is 1. The molecule has 5 nitrogen and oxygen atoms in total. The monoisotopic (exact) mass is 309 g/mol. The Balaban J connectivity index is 1.99. The molecule has 0 saturated heterocycles. The van der Waals surface area contributed by atoms with Gasteiger partial charge in [0.05, 0.1) is 11.1 Å². The Hall–Kier alpha value is -2.95. The lowest BCUT2D eigenvalue weighted by atomic mass is 9.82. The van der Waals surface area contributed by atoms with E-state index in [1.54, 1.807) is 54.6 Å². The first kappa shape index (κ1) is 15.0. The number of amides is 2.